The van der Waals surface area contributed by atoms with Gasteiger partial charge in [-0.2, -0.15) is 0 Å². The highest BCUT2D eigenvalue weighted by Crippen LogP contribution is 2.45. The molecule has 0 heterocycles. The Balaban J connectivity index is 2.07. The number of hydrogen-bond donors (Lipinski definition) is 2. The summed E-state index contributed by atoms with van der Waals surface area (Å²) in [4.78, 5) is 11.7. The smallest absolute Gasteiger partial charge is 0.222 e. The Morgan fingerprint density at radius 3 is 2.82 bits per heavy atom. The first-order valence-electron chi connectivity index (χ1n) is 5.84. The molecular formula is C13H17FN2O. The second-order valence-corrected chi connectivity index (χ2v) is 4.82. The van der Waals surface area contributed by atoms with Crippen LogP contribution in [0.15, 0.2) is 24.3 Å². The third-order valence-electron chi connectivity index (χ3n) is 3.01. The van der Waals surface area contributed by atoms with Gasteiger partial charge >= 0.3 is 0 Å². The molecule has 3 N–H and O–H groups in total. The lowest BCUT2D eigenvalue weighted by molar-refractivity contribution is -0.122. The normalized spacial score (nSPS) is 18.5. The van der Waals surface area contributed by atoms with Gasteiger partial charge in [-0.3, -0.25) is 4.79 Å². The molecule has 0 aromatic heterocycles. The van der Waals surface area contributed by atoms with Crippen molar-refractivity contribution in [1.82, 2.24) is 5.32 Å². The summed E-state index contributed by atoms with van der Waals surface area (Å²) in [5.41, 5.74) is 6.06. The van der Waals surface area contributed by atoms with Gasteiger partial charge in [0.05, 0.1) is 5.54 Å². The summed E-state index contributed by atoms with van der Waals surface area (Å²) in [7, 11) is 0. The lowest BCUT2D eigenvalue weighted by Crippen LogP contribution is -2.37. The second kappa shape index (κ2) is 4.45. The Morgan fingerprint density at radius 1 is 1.59 bits per heavy atom. The zero-order chi connectivity index (χ0) is 12.5. The maximum absolute atomic E-state index is 13.1. The number of halogens is 1. The maximum atomic E-state index is 13.1. The molecule has 0 radical (unpaired) electrons. The Kier molecular flexibility index (Phi) is 3.15. The molecule has 1 aromatic rings. The van der Waals surface area contributed by atoms with E-state index in [1.807, 2.05) is 6.07 Å². The van der Waals surface area contributed by atoms with E-state index in [1.54, 1.807) is 13.0 Å². The molecule has 3 nitrogen and oxygen atoms in total. The average Bonchev–Trinajstić information content (AvgIpc) is 2.97. The van der Waals surface area contributed by atoms with Gasteiger partial charge in [-0.05, 0) is 37.5 Å². The van der Waals surface area contributed by atoms with Gasteiger partial charge in [0.1, 0.15) is 5.82 Å². The van der Waals surface area contributed by atoms with Crippen molar-refractivity contribution in [3.8, 4) is 0 Å². The predicted octanol–water partition coefficient (Wildman–Crippen LogP) is 1.67. The van der Waals surface area contributed by atoms with E-state index in [2.05, 4.69) is 5.32 Å². The van der Waals surface area contributed by atoms with E-state index in [1.165, 1.54) is 12.1 Å². The summed E-state index contributed by atoms with van der Waals surface area (Å²) in [6.07, 6.45) is 2.03. The minimum atomic E-state index is -0.353. The van der Waals surface area contributed by atoms with Crippen molar-refractivity contribution < 1.29 is 9.18 Å². The van der Waals surface area contributed by atoms with Crippen LogP contribution in [0, 0.1) is 5.82 Å². The van der Waals surface area contributed by atoms with E-state index in [-0.39, 0.29) is 23.3 Å². The molecule has 0 saturated heterocycles. The van der Waals surface area contributed by atoms with Crippen molar-refractivity contribution in [3.63, 3.8) is 0 Å². The lowest BCUT2D eigenvalue weighted by Gasteiger charge is -2.18. The molecule has 1 amide bonds. The van der Waals surface area contributed by atoms with Crippen molar-refractivity contribution in [2.75, 3.05) is 0 Å². The van der Waals surface area contributed by atoms with E-state index >= 15 is 0 Å². The molecule has 1 unspecified atom stereocenters. The number of carbonyl (C=O) groups excluding carboxylic acids is 1. The predicted molar refractivity (Wildman–Crippen MR) is 63.7 cm³/mol. The average molecular weight is 236 g/mol. The topological polar surface area (TPSA) is 55.1 Å². The van der Waals surface area contributed by atoms with Crippen molar-refractivity contribution in [2.45, 2.75) is 37.8 Å². The first-order valence-corrected chi connectivity index (χ1v) is 5.84. The molecular weight excluding hydrogens is 219 g/mol. The minimum Gasteiger partial charge on any atom is -0.347 e. The number of nitrogens with two attached hydrogens (primary N) is 1. The minimum absolute atomic E-state index is 0.0678. The van der Waals surface area contributed by atoms with Gasteiger partial charge in [0.2, 0.25) is 5.91 Å². The van der Waals surface area contributed by atoms with Gasteiger partial charge in [-0.15, -0.1) is 0 Å². The summed E-state index contributed by atoms with van der Waals surface area (Å²) in [6.45, 7) is 1.79. The van der Waals surface area contributed by atoms with Crippen molar-refractivity contribution >= 4 is 5.91 Å². The fraction of sp³-hybridized carbons (Fsp3) is 0.462. The SMILES string of the molecule is CC(N)CC(=O)NC1(c2cccc(F)c2)CC1. The van der Waals surface area contributed by atoms with Gasteiger partial charge in [0.25, 0.3) is 0 Å². The largest absolute Gasteiger partial charge is 0.347 e. The van der Waals surface area contributed by atoms with Crippen LogP contribution in [0.3, 0.4) is 0 Å². The summed E-state index contributed by atoms with van der Waals surface area (Å²) in [5.74, 6) is -0.336. The zero-order valence-corrected chi connectivity index (χ0v) is 9.87. The Labute approximate surface area is 100 Å². The maximum Gasteiger partial charge on any atom is 0.222 e. The Morgan fingerprint density at radius 2 is 2.29 bits per heavy atom. The molecule has 0 bridgehead atoms. The van der Waals surface area contributed by atoms with E-state index in [0.717, 1.165) is 18.4 Å². The first-order chi connectivity index (χ1) is 8.02. The van der Waals surface area contributed by atoms with Gasteiger partial charge < -0.3 is 11.1 Å². The second-order valence-electron chi connectivity index (χ2n) is 4.82. The summed E-state index contributed by atoms with van der Waals surface area (Å²) >= 11 is 0. The molecule has 2 rings (SSSR count). The molecule has 1 atom stereocenters. The molecule has 1 aliphatic rings. The lowest BCUT2D eigenvalue weighted by atomic mass is 10.0. The summed E-state index contributed by atoms with van der Waals surface area (Å²) in [5, 5.41) is 2.96. The molecule has 0 spiro atoms. The van der Waals surface area contributed by atoms with Crippen molar-refractivity contribution in [3.05, 3.63) is 35.6 Å². The zero-order valence-electron chi connectivity index (χ0n) is 9.87. The summed E-state index contributed by atoms with van der Waals surface area (Å²) in [6, 6.07) is 6.26. The van der Waals surface area contributed by atoms with Crippen LogP contribution in [0.5, 0.6) is 0 Å². The van der Waals surface area contributed by atoms with Gasteiger partial charge in [0, 0.05) is 12.5 Å². The molecule has 4 heteroatoms. The molecule has 1 fully saturated rings. The number of hydrogen-bond acceptors (Lipinski definition) is 2. The third kappa shape index (κ3) is 2.82. The fourth-order valence-electron chi connectivity index (χ4n) is 2.01. The van der Waals surface area contributed by atoms with Crippen molar-refractivity contribution in [2.24, 2.45) is 5.73 Å². The van der Waals surface area contributed by atoms with Crippen LogP contribution in [0.2, 0.25) is 0 Å². The van der Waals surface area contributed by atoms with Crippen LogP contribution in [-0.4, -0.2) is 11.9 Å². The highest BCUT2D eigenvalue weighted by molar-refractivity contribution is 5.78. The monoisotopic (exact) mass is 236 g/mol. The number of nitrogens with one attached hydrogen (secondary N) is 1. The molecule has 92 valence electrons. The quantitative estimate of drug-likeness (QED) is 0.835. The summed E-state index contributed by atoms with van der Waals surface area (Å²) < 4.78 is 13.1. The van der Waals surface area contributed by atoms with E-state index < -0.39 is 0 Å². The molecule has 1 saturated carbocycles. The molecule has 1 aliphatic carbocycles. The van der Waals surface area contributed by atoms with Crippen molar-refractivity contribution in [1.29, 1.82) is 0 Å². The standard InChI is InChI=1S/C13H17FN2O/c1-9(15)7-12(17)16-13(5-6-13)10-3-2-4-11(14)8-10/h2-4,8-9H,5-7,15H2,1H3,(H,16,17). The van der Waals surface area contributed by atoms with Crippen LogP contribution in [0.1, 0.15) is 31.7 Å². The number of carbonyl (C=O) groups is 1. The molecule has 1 aromatic carbocycles. The number of benzene rings is 1. The third-order valence-corrected chi connectivity index (χ3v) is 3.01. The van der Waals surface area contributed by atoms with Crippen LogP contribution in [0.4, 0.5) is 4.39 Å². The highest BCUT2D eigenvalue weighted by Gasteiger charge is 2.45. The van der Waals surface area contributed by atoms with Crippen LogP contribution < -0.4 is 11.1 Å². The van der Waals surface area contributed by atoms with Gasteiger partial charge in [-0.1, -0.05) is 12.1 Å². The fourth-order valence-corrected chi connectivity index (χ4v) is 2.01. The Hall–Kier alpha value is -1.42. The number of rotatable bonds is 4. The van der Waals surface area contributed by atoms with Gasteiger partial charge in [0.15, 0.2) is 0 Å². The van der Waals surface area contributed by atoms with Crippen LogP contribution >= 0.6 is 0 Å². The molecule has 17 heavy (non-hydrogen) atoms. The molecule has 0 aliphatic heterocycles. The van der Waals surface area contributed by atoms with E-state index in [9.17, 15) is 9.18 Å². The van der Waals surface area contributed by atoms with E-state index in [0.29, 0.717) is 6.42 Å². The number of amides is 1. The first kappa shape index (κ1) is 12.0. The van der Waals surface area contributed by atoms with Gasteiger partial charge in [-0.25, -0.2) is 4.39 Å². The highest BCUT2D eigenvalue weighted by atomic mass is 19.1. The van der Waals surface area contributed by atoms with Crippen LogP contribution in [0.25, 0.3) is 0 Å². The Bertz CT molecular complexity index is 427. The van der Waals surface area contributed by atoms with E-state index in [4.69, 9.17) is 5.73 Å². The van der Waals surface area contributed by atoms with Crippen LogP contribution in [-0.2, 0) is 10.3 Å².